The zero-order valence-electron chi connectivity index (χ0n) is 23.9. The molecule has 0 unspecified atom stereocenters. The van der Waals surface area contributed by atoms with Crippen molar-refractivity contribution in [3.63, 3.8) is 0 Å². The number of hydrogen-bond acceptors (Lipinski definition) is 4. The highest BCUT2D eigenvalue weighted by Crippen LogP contribution is 2.37. The molecule has 3 heterocycles. The van der Waals surface area contributed by atoms with Crippen molar-refractivity contribution >= 4 is 40.6 Å². The largest absolute Gasteiger partial charge is 0.326 e. The molecule has 7 nitrogen and oxygen atoms in total. The number of pyridine rings is 2. The number of aromatic nitrogens is 2. The van der Waals surface area contributed by atoms with Crippen LogP contribution in [-0.2, 0) is 42.9 Å². The summed E-state index contributed by atoms with van der Waals surface area (Å²) in [5, 5.41) is 4.10. The Bertz CT molecular complexity index is 1760. The molecule has 4 aromatic rings. The molecule has 0 radical (unpaired) electrons. The summed E-state index contributed by atoms with van der Waals surface area (Å²) in [7, 11) is 3.47. The van der Waals surface area contributed by atoms with E-state index in [4.69, 9.17) is 23.2 Å². The molecule has 9 heteroatoms. The van der Waals surface area contributed by atoms with Crippen molar-refractivity contribution in [2.45, 2.75) is 46.0 Å². The number of ketones is 1. The van der Waals surface area contributed by atoms with Crippen molar-refractivity contribution in [3.05, 3.63) is 107 Å². The number of hydrogen-bond donors (Lipinski definition) is 1. The number of amides is 1. The Labute approximate surface area is 253 Å². The number of halogens is 2. The number of fused-ring (bicyclic) bond motifs is 2. The smallest absolute Gasteiger partial charge is 0.253 e. The molecular formula is C33H31Cl2N3O4. The number of aryl methyl sites for hydroxylation is 5. The lowest BCUT2D eigenvalue weighted by Crippen LogP contribution is -2.20. The zero-order valence-corrected chi connectivity index (χ0v) is 25.4. The Morgan fingerprint density at radius 3 is 1.95 bits per heavy atom. The van der Waals surface area contributed by atoms with E-state index in [-0.39, 0.29) is 22.8 Å². The maximum Gasteiger partial charge on any atom is 0.253 e. The van der Waals surface area contributed by atoms with E-state index in [1.807, 2.05) is 30.3 Å². The molecule has 1 aliphatic heterocycles. The van der Waals surface area contributed by atoms with Crippen LogP contribution in [0.4, 0.5) is 5.69 Å². The number of carbonyl (C=O) groups excluding carboxylic acids is 2. The summed E-state index contributed by atoms with van der Waals surface area (Å²) in [6.45, 7) is 3.59. The van der Waals surface area contributed by atoms with Crippen molar-refractivity contribution in [1.29, 1.82) is 0 Å². The van der Waals surface area contributed by atoms with Gasteiger partial charge < -0.3 is 14.5 Å². The number of nitrogens with zero attached hydrogens (tertiary/aromatic N) is 2. The molecule has 1 amide bonds. The van der Waals surface area contributed by atoms with Crippen molar-refractivity contribution in [1.82, 2.24) is 9.13 Å². The summed E-state index contributed by atoms with van der Waals surface area (Å²) in [5.41, 5.74) is 8.94. The first-order valence-electron chi connectivity index (χ1n) is 13.7. The number of carbonyl (C=O) groups is 2. The van der Waals surface area contributed by atoms with Crippen LogP contribution in [0.3, 0.4) is 0 Å². The summed E-state index contributed by atoms with van der Waals surface area (Å²) < 4.78 is 3.13. The maximum atomic E-state index is 11.8. The van der Waals surface area contributed by atoms with Gasteiger partial charge in [0.05, 0.1) is 5.02 Å². The van der Waals surface area contributed by atoms with Crippen LogP contribution >= 0.6 is 23.2 Å². The van der Waals surface area contributed by atoms with Gasteiger partial charge >= 0.3 is 0 Å². The lowest BCUT2D eigenvalue weighted by molar-refractivity contribution is -0.119. The average Bonchev–Trinajstić information content (AvgIpc) is 2.94. The minimum Gasteiger partial charge on any atom is -0.326 e. The normalized spacial score (nSPS) is 14.0. The highest BCUT2D eigenvalue weighted by molar-refractivity contribution is 6.35. The molecule has 1 aliphatic carbocycles. The number of rotatable bonds is 2. The molecule has 42 heavy (non-hydrogen) atoms. The van der Waals surface area contributed by atoms with E-state index in [0.717, 1.165) is 45.5 Å². The fraction of sp³-hybridized carbons (Fsp3) is 0.273. The first-order valence-corrected chi connectivity index (χ1v) is 14.5. The van der Waals surface area contributed by atoms with Gasteiger partial charge in [0.1, 0.15) is 5.78 Å². The minimum atomic E-state index is -0.0138. The van der Waals surface area contributed by atoms with E-state index < -0.39 is 0 Å². The number of anilines is 1. The highest BCUT2D eigenvalue weighted by Gasteiger charge is 2.21. The summed E-state index contributed by atoms with van der Waals surface area (Å²) >= 11 is 12.9. The van der Waals surface area contributed by atoms with Gasteiger partial charge in [-0.3, -0.25) is 19.2 Å². The molecule has 6 rings (SSSR count). The van der Waals surface area contributed by atoms with Crippen LogP contribution < -0.4 is 16.4 Å². The van der Waals surface area contributed by atoms with Crippen LogP contribution in [0.5, 0.6) is 0 Å². The average molecular weight is 605 g/mol. The molecule has 0 bridgehead atoms. The van der Waals surface area contributed by atoms with Crippen LogP contribution in [0, 0.1) is 13.8 Å². The molecule has 2 aromatic heterocycles. The second-order valence-electron chi connectivity index (χ2n) is 11.0. The Kier molecular flexibility index (Phi) is 8.26. The number of nitrogens with one attached hydrogen (secondary N) is 1. The third kappa shape index (κ3) is 5.85. The molecule has 216 valence electrons. The highest BCUT2D eigenvalue weighted by atomic mass is 35.5. The van der Waals surface area contributed by atoms with E-state index >= 15 is 0 Å². The summed E-state index contributed by atoms with van der Waals surface area (Å²) in [6, 6.07) is 11.4. The third-order valence-corrected chi connectivity index (χ3v) is 8.56. The quantitative estimate of drug-likeness (QED) is 0.305. The van der Waals surface area contributed by atoms with Crippen LogP contribution in [-0.4, -0.2) is 20.8 Å². The fourth-order valence-corrected chi connectivity index (χ4v) is 6.22. The van der Waals surface area contributed by atoms with Crippen molar-refractivity contribution < 1.29 is 9.59 Å². The van der Waals surface area contributed by atoms with E-state index in [9.17, 15) is 19.2 Å². The van der Waals surface area contributed by atoms with E-state index in [1.54, 1.807) is 49.5 Å². The maximum absolute atomic E-state index is 11.8. The summed E-state index contributed by atoms with van der Waals surface area (Å²) in [5.74, 6) is 0.286. The fourth-order valence-electron chi connectivity index (χ4n) is 5.56. The van der Waals surface area contributed by atoms with Crippen molar-refractivity contribution in [3.8, 4) is 22.3 Å². The van der Waals surface area contributed by atoms with Gasteiger partial charge in [-0.05, 0) is 84.8 Å². The molecule has 0 atom stereocenters. The summed E-state index contributed by atoms with van der Waals surface area (Å²) in [4.78, 5) is 46.6. The van der Waals surface area contributed by atoms with Gasteiger partial charge in [0.25, 0.3) is 11.1 Å². The summed E-state index contributed by atoms with van der Waals surface area (Å²) in [6.07, 6.45) is 6.51. The molecule has 0 saturated carbocycles. The second-order valence-corrected chi connectivity index (χ2v) is 11.8. The van der Waals surface area contributed by atoms with E-state index in [2.05, 4.69) is 11.4 Å². The molecule has 2 aliphatic rings. The van der Waals surface area contributed by atoms with Crippen molar-refractivity contribution in [2.24, 2.45) is 14.1 Å². The van der Waals surface area contributed by atoms with Crippen LogP contribution in [0.2, 0.25) is 10.0 Å². The third-order valence-electron chi connectivity index (χ3n) is 7.82. The second kappa shape index (κ2) is 11.7. The van der Waals surface area contributed by atoms with E-state index in [0.29, 0.717) is 46.9 Å². The SMILES string of the molecule is Cc1cc(-c2cc3c(cc2Cl)CC(=O)CC3)cn(C)c1=O.Cc1cc(-c2ccc3c(c2Cl)CCC(=O)N3)cn(C)c1=O. The van der Waals surface area contributed by atoms with Gasteiger partial charge in [0.2, 0.25) is 5.91 Å². The van der Waals surface area contributed by atoms with Crippen LogP contribution in [0.15, 0.2) is 58.4 Å². The van der Waals surface area contributed by atoms with Gasteiger partial charge in [-0.1, -0.05) is 29.3 Å². The van der Waals surface area contributed by atoms with Gasteiger partial charge in [-0.15, -0.1) is 0 Å². The molecule has 2 aromatic carbocycles. The van der Waals surface area contributed by atoms with E-state index in [1.165, 1.54) is 5.56 Å². The molecule has 0 fully saturated rings. The zero-order chi connectivity index (χ0) is 30.3. The Morgan fingerprint density at radius 1 is 0.714 bits per heavy atom. The molecular weight excluding hydrogens is 573 g/mol. The minimum absolute atomic E-state index is 0.00145. The first kappa shape index (κ1) is 29.5. The Morgan fingerprint density at radius 2 is 1.33 bits per heavy atom. The predicted octanol–water partition coefficient (Wildman–Crippen LogP) is 5.97. The van der Waals surface area contributed by atoms with Gasteiger partial charge in [0.15, 0.2) is 0 Å². The number of benzene rings is 2. The first-order chi connectivity index (χ1) is 19.9. The number of Topliss-reactive ketones (excluding diaryl/α,β-unsaturated/α-hetero) is 1. The van der Waals surface area contributed by atoms with Gasteiger partial charge in [-0.2, -0.15) is 0 Å². The van der Waals surface area contributed by atoms with Gasteiger partial charge in [0, 0.05) is 78.7 Å². The topological polar surface area (TPSA) is 90.2 Å². The lowest BCUT2D eigenvalue weighted by atomic mass is 9.88. The molecule has 1 N–H and O–H groups in total. The molecule has 0 saturated heterocycles. The standard InChI is InChI=1S/C17H16ClNO2.C16H15ClN2O2/c1-10-5-13(9-19(2)17(10)21)15-7-11-3-4-14(20)6-12(11)8-16(15)18;1-9-7-10(8-19(2)16(9)21)11-3-5-13-12(15(11)17)4-6-14(20)18-13/h5,7-9H,3-4,6H2,1-2H3;3,5,7-8H,4,6H2,1-2H3,(H,18,20). The van der Waals surface area contributed by atoms with Crippen LogP contribution in [0.1, 0.15) is 40.7 Å². The lowest BCUT2D eigenvalue weighted by Gasteiger charge is -2.20. The van der Waals surface area contributed by atoms with Gasteiger partial charge in [-0.25, -0.2) is 0 Å². The van der Waals surface area contributed by atoms with Crippen molar-refractivity contribution in [2.75, 3.05) is 5.32 Å². The Hall–Kier alpha value is -3.94. The predicted molar refractivity (Wildman–Crippen MR) is 168 cm³/mol. The Balaban J connectivity index is 0.000000168. The van der Waals surface area contributed by atoms with Crippen LogP contribution in [0.25, 0.3) is 22.3 Å². The molecule has 0 spiro atoms. The monoisotopic (exact) mass is 603 g/mol.